The zero-order valence-electron chi connectivity index (χ0n) is 11.0. The lowest BCUT2D eigenvalue weighted by Crippen LogP contribution is -2.30. The summed E-state index contributed by atoms with van der Waals surface area (Å²) in [5.74, 6) is -0.338. The largest absolute Gasteiger partial charge is 0.478 e. The number of aromatic nitrogens is 1. The van der Waals surface area contributed by atoms with Gasteiger partial charge in [-0.25, -0.2) is 9.17 Å². The van der Waals surface area contributed by atoms with Crippen molar-refractivity contribution < 1.29 is 9.90 Å². The van der Waals surface area contributed by atoms with Crippen LogP contribution < -0.4 is 5.32 Å². The Morgan fingerprint density at radius 1 is 1.30 bits per heavy atom. The van der Waals surface area contributed by atoms with E-state index in [4.69, 9.17) is 5.11 Å². The van der Waals surface area contributed by atoms with Gasteiger partial charge < -0.3 is 10.4 Å². The molecule has 3 rings (SSSR count). The van der Waals surface area contributed by atoms with Gasteiger partial charge in [0, 0.05) is 17.6 Å². The zero-order valence-corrected chi connectivity index (χ0v) is 11.8. The number of hydrogen-bond acceptors (Lipinski definition) is 4. The maximum absolute atomic E-state index is 10.9. The Hall–Kier alpha value is -1.72. The van der Waals surface area contributed by atoms with Gasteiger partial charge in [-0.05, 0) is 60.1 Å². The average molecular weight is 288 g/mol. The highest BCUT2D eigenvalue weighted by Crippen LogP contribution is 2.34. The molecule has 1 aromatic carbocycles. The van der Waals surface area contributed by atoms with Crippen molar-refractivity contribution in [3.63, 3.8) is 0 Å². The van der Waals surface area contributed by atoms with Crippen LogP contribution in [-0.4, -0.2) is 22.0 Å². The predicted molar refractivity (Wildman–Crippen MR) is 78.2 cm³/mol. The summed E-state index contributed by atoms with van der Waals surface area (Å²) in [6, 6.07) is 7.46. The number of benzene rings is 1. The number of piperidine rings is 1. The standard InChI is InChI=1S/C15H16N2O2S/c18-15(19)11-3-1-10(2-4-11)14-7-12(5-6-16-14)13-8-17-20-9-13/h1-4,8-9,12,14,16H,5-7H2,(H,18,19)/t12?,14-/m0/s1. The molecule has 0 saturated carbocycles. The summed E-state index contributed by atoms with van der Waals surface area (Å²) >= 11 is 1.50. The summed E-state index contributed by atoms with van der Waals surface area (Å²) in [6.07, 6.45) is 4.12. The molecule has 2 heterocycles. The topological polar surface area (TPSA) is 62.2 Å². The Morgan fingerprint density at radius 3 is 2.75 bits per heavy atom. The van der Waals surface area contributed by atoms with E-state index in [9.17, 15) is 4.79 Å². The number of carbonyl (C=O) groups is 1. The molecule has 2 atom stereocenters. The second-order valence-corrected chi connectivity index (χ2v) is 5.77. The Kier molecular flexibility index (Phi) is 3.80. The monoisotopic (exact) mass is 288 g/mol. The van der Waals surface area contributed by atoms with Crippen LogP contribution in [0.2, 0.25) is 0 Å². The van der Waals surface area contributed by atoms with Crippen molar-refractivity contribution in [1.82, 2.24) is 9.69 Å². The molecule has 0 aliphatic carbocycles. The van der Waals surface area contributed by atoms with Gasteiger partial charge >= 0.3 is 5.97 Å². The van der Waals surface area contributed by atoms with Crippen LogP contribution in [0.5, 0.6) is 0 Å². The van der Waals surface area contributed by atoms with Crippen LogP contribution in [-0.2, 0) is 0 Å². The molecule has 1 fully saturated rings. The van der Waals surface area contributed by atoms with E-state index in [1.807, 2.05) is 18.3 Å². The summed E-state index contributed by atoms with van der Waals surface area (Å²) in [5, 5.41) is 14.6. The molecule has 1 aliphatic heterocycles. The fraction of sp³-hybridized carbons (Fsp3) is 0.333. The van der Waals surface area contributed by atoms with Crippen molar-refractivity contribution in [2.45, 2.75) is 24.8 Å². The summed E-state index contributed by atoms with van der Waals surface area (Å²) in [4.78, 5) is 10.9. The third-order valence-corrected chi connectivity index (χ3v) is 4.49. The molecule has 0 amide bonds. The molecule has 0 bridgehead atoms. The lowest BCUT2D eigenvalue weighted by Gasteiger charge is -2.30. The Bertz CT molecular complexity index is 580. The molecule has 104 valence electrons. The molecule has 0 spiro atoms. The molecular formula is C15H16N2O2S. The van der Waals surface area contributed by atoms with E-state index in [0.717, 1.165) is 24.9 Å². The van der Waals surface area contributed by atoms with Gasteiger partial charge in [-0.2, -0.15) is 0 Å². The van der Waals surface area contributed by atoms with Crippen LogP contribution in [0.1, 0.15) is 46.3 Å². The third kappa shape index (κ3) is 2.73. The van der Waals surface area contributed by atoms with Gasteiger partial charge in [0.25, 0.3) is 0 Å². The SMILES string of the molecule is O=C(O)c1ccc([C@@H]2CC(c3cnsc3)CCN2)cc1. The van der Waals surface area contributed by atoms with Crippen LogP contribution in [0.25, 0.3) is 0 Å². The Balaban J connectivity index is 1.75. The van der Waals surface area contributed by atoms with Crippen LogP contribution in [0, 0.1) is 0 Å². The van der Waals surface area contributed by atoms with Crippen LogP contribution in [0.3, 0.4) is 0 Å². The molecule has 1 saturated heterocycles. The molecule has 0 radical (unpaired) electrons. The van der Waals surface area contributed by atoms with Crippen LogP contribution in [0.15, 0.2) is 35.8 Å². The van der Waals surface area contributed by atoms with E-state index in [-0.39, 0.29) is 6.04 Å². The average Bonchev–Trinajstić information content (AvgIpc) is 3.02. The predicted octanol–water partition coefficient (Wildman–Crippen LogP) is 3.05. The van der Waals surface area contributed by atoms with Crippen molar-refractivity contribution in [3.8, 4) is 0 Å². The molecule has 4 nitrogen and oxygen atoms in total. The Morgan fingerprint density at radius 2 is 2.10 bits per heavy atom. The molecule has 20 heavy (non-hydrogen) atoms. The van der Waals surface area contributed by atoms with Gasteiger partial charge in [-0.15, -0.1) is 0 Å². The van der Waals surface area contributed by atoms with E-state index < -0.39 is 5.97 Å². The number of hydrogen-bond donors (Lipinski definition) is 2. The second kappa shape index (κ2) is 5.73. The molecule has 1 aliphatic rings. The second-order valence-electron chi connectivity index (χ2n) is 5.11. The molecular weight excluding hydrogens is 272 g/mol. The first kappa shape index (κ1) is 13.3. The summed E-state index contributed by atoms with van der Waals surface area (Å²) in [6.45, 7) is 0.978. The normalized spacial score (nSPS) is 22.6. The number of nitrogens with zero attached hydrogens (tertiary/aromatic N) is 1. The van der Waals surface area contributed by atoms with Crippen molar-refractivity contribution in [3.05, 3.63) is 52.5 Å². The maximum Gasteiger partial charge on any atom is 0.335 e. The first-order valence-corrected chi connectivity index (χ1v) is 7.53. The highest BCUT2D eigenvalue weighted by atomic mass is 32.1. The fourth-order valence-corrected chi connectivity index (χ4v) is 3.37. The Labute approximate surface area is 121 Å². The number of carboxylic acids is 1. The lowest BCUT2D eigenvalue weighted by atomic mass is 9.85. The minimum absolute atomic E-state index is 0.288. The van der Waals surface area contributed by atoms with Gasteiger partial charge in [-0.3, -0.25) is 0 Å². The highest BCUT2D eigenvalue weighted by molar-refractivity contribution is 7.03. The zero-order chi connectivity index (χ0) is 13.9. The molecule has 1 unspecified atom stereocenters. The van der Waals surface area contributed by atoms with Gasteiger partial charge in [-0.1, -0.05) is 12.1 Å². The fourth-order valence-electron chi connectivity index (χ4n) is 2.75. The first-order valence-electron chi connectivity index (χ1n) is 6.70. The number of nitrogens with one attached hydrogen (secondary N) is 1. The van der Waals surface area contributed by atoms with Crippen molar-refractivity contribution in [1.29, 1.82) is 0 Å². The summed E-state index contributed by atoms with van der Waals surface area (Å²) in [7, 11) is 0. The van der Waals surface area contributed by atoms with Gasteiger partial charge in [0.2, 0.25) is 0 Å². The molecule has 2 aromatic rings. The first-order chi connectivity index (χ1) is 9.74. The van der Waals surface area contributed by atoms with Gasteiger partial charge in [0.05, 0.1) is 5.56 Å². The van der Waals surface area contributed by atoms with Gasteiger partial charge in [0.15, 0.2) is 0 Å². The molecule has 5 heteroatoms. The smallest absolute Gasteiger partial charge is 0.335 e. The number of rotatable bonds is 3. The third-order valence-electron chi connectivity index (χ3n) is 3.89. The van der Waals surface area contributed by atoms with Crippen molar-refractivity contribution in [2.24, 2.45) is 0 Å². The van der Waals surface area contributed by atoms with Crippen LogP contribution >= 0.6 is 11.5 Å². The van der Waals surface area contributed by atoms with Crippen molar-refractivity contribution in [2.75, 3.05) is 6.54 Å². The summed E-state index contributed by atoms with van der Waals surface area (Å²) < 4.78 is 4.18. The summed E-state index contributed by atoms with van der Waals surface area (Å²) in [5.41, 5.74) is 2.81. The van der Waals surface area contributed by atoms with E-state index in [1.165, 1.54) is 17.1 Å². The van der Waals surface area contributed by atoms with E-state index in [1.54, 1.807) is 12.1 Å². The number of aromatic carboxylic acids is 1. The van der Waals surface area contributed by atoms with Crippen LogP contribution in [0.4, 0.5) is 0 Å². The van der Waals surface area contributed by atoms with Gasteiger partial charge in [0.1, 0.15) is 0 Å². The van der Waals surface area contributed by atoms with E-state index >= 15 is 0 Å². The number of carboxylic acid groups (broad SMARTS) is 1. The minimum atomic E-state index is -0.879. The highest BCUT2D eigenvalue weighted by Gasteiger charge is 2.24. The maximum atomic E-state index is 10.9. The quantitative estimate of drug-likeness (QED) is 0.911. The van der Waals surface area contributed by atoms with E-state index in [2.05, 4.69) is 15.1 Å². The minimum Gasteiger partial charge on any atom is -0.478 e. The van der Waals surface area contributed by atoms with E-state index in [0.29, 0.717) is 11.5 Å². The molecule has 1 aromatic heterocycles. The molecule has 2 N–H and O–H groups in total. The van der Waals surface area contributed by atoms with Crippen molar-refractivity contribution >= 4 is 17.5 Å². The lowest BCUT2D eigenvalue weighted by molar-refractivity contribution is 0.0697.